The van der Waals surface area contributed by atoms with E-state index in [1.54, 1.807) is 11.8 Å². The number of hydrogen-bond donors (Lipinski definition) is 1. The fourth-order valence-electron chi connectivity index (χ4n) is 2.52. The fourth-order valence-corrected chi connectivity index (χ4v) is 4.25. The normalized spacial score (nSPS) is 12.3. The average Bonchev–Trinajstić information content (AvgIpc) is 3.11. The number of hydrogen-bond acceptors (Lipinski definition) is 6. The Labute approximate surface area is 167 Å². The van der Waals surface area contributed by atoms with Crippen LogP contribution in [0.15, 0.2) is 46.8 Å². The van der Waals surface area contributed by atoms with Crippen molar-refractivity contribution >= 4 is 44.9 Å². The summed E-state index contributed by atoms with van der Waals surface area (Å²) in [7, 11) is 0. The van der Waals surface area contributed by atoms with Gasteiger partial charge < -0.3 is 4.74 Å². The molecule has 2 aromatic carbocycles. The van der Waals surface area contributed by atoms with Crippen molar-refractivity contribution in [2.45, 2.75) is 37.6 Å². The van der Waals surface area contributed by atoms with Crippen molar-refractivity contribution in [1.29, 1.82) is 0 Å². The van der Waals surface area contributed by atoms with Crippen molar-refractivity contribution in [3.8, 4) is 5.75 Å². The number of thioether (sulfide) groups is 1. The van der Waals surface area contributed by atoms with Gasteiger partial charge in [-0.15, -0.1) is 10.2 Å². The van der Waals surface area contributed by atoms with E-state index < -0.39 is 6.10 Å². The minimum atomic E-state index is -0.591. The highest BCUT2D eigenvalue weighted by Crippen LogP contribution is 2.28. The number of carbonyl (C=O) groups excluding carboxylic acids is 1. The first-order valence-corrected chi connectivity index (χ1v) is 10.8. The zero-order valence-electron chi connectivity index (χ0n) is 15.6. The van der Waals surface area contributed by atoms with Crippen LogP contribution in [0.1, 0.15) is 27.2 Å². The van der Waals surface area contributed by atoms with Gasteiger partial charge in [-0.05, 0) is 23.8 Å². The van der Waals surface area contributed by atoms with Gasteiger partial charge in [0.1, 0.15) is 5.75 Å². The van der Waals surface area contributed by atoms with Gasteiger partial charge in [-0.25, -0.2) is 0 Å². The van der Waals surface area contributed by atoms with Gasteiger partial charge in [-0.3, -0.25) is 10.1 Å². The van der Waals surface area contributed by atoms with Gasteiger partial charge >= 0.3 is 0 Å². The Morgan fingerprint density at radius 1 is 1.19 bits per heavy atom. The molecule has 0 bridgehead atoms. The van der Waals surface area contributed by atoms with E-state index in [1.165, 1.54) is 11.3 Å². The van der Waals surface area contributed by atoms with Crippen LogP contribution >= 0.6 is 23.1 Å². The van der Waals surface area contributed by atoms with Crippen LogP contribution < -0.4 is 10.1 Å². The number of amides is 1. The molecule has 0 aliphatic rings. The van der Waals surface area contributed by atoms with Crippen molar-refractivity contribution in [3.05, 3.63) is 42.5 Å². The maximum Gasteiger partial charge on any atom is 0.267 e. The summed E-state index contributed by atoms with van der Waals surface area (Å²) in [6.45, 7) is 6.25. The van der Waals surface area contributed by atoms with E-state index in [0.717, 1.165) is 20.9 Å². The second-order valence-corrected chi connectivity index (χ2v) is 8.80. The minimum absolute atomic E-state index is 0.206. The largest absolute Gasteiger partial charge is 0.480 e. The lowest BCUT2D eigenvalue weighted by Gasteiger charge is -2.17. The molecule has 27 heavy (non-hydrogen) atoms. The van der Waals surface area contributed by atoms with Crippen LogP contribution in [-0.2, 0) is 4.79 Å². The quantitative estimate of drug-likeness (QED) is 0.413. The molecule has 1 amide bonds. The van der Waals surface area contributed by atoms with Gasteiger partial charge in [0, 0.05) is 11.1 Å². The standard InChI is InChI=1S/C20H23N3O2S2/c1-4-16(25-17-11-7-9-14-8-5-6-10-15(14)17)18(24)21-19-22-23-20(27-19)26-12-13(2)3/h5-11,13,16H,4,12H2,1-3H3,(H,21,22,24)/t16-/m0/s1. The molecule has 0 radical (unpaired) electrons. The molecule has 0 spiro atoms. The number of nitrogens with zero attached hydrogens (tertiary/aromatic N) is 2. The lowest BCUT2D eigenvalue weighted by atomic mass is 10.1. The van der Waals surface area contributed by atoms with E-state index in [2.05, 4.69) is 29.4 Å². The second-order valence-electron chi connectivity index (χ2n) is 6.56. The van der Waals surface area contributed by atoms with Crippen molar-refractivity contribution in [2.75, 3.05) is 11.1 Å². The third-order valence-corrected chi connectivity index (χ3v) is 6.26. The highest BCUT2D eigenvalue weighted by molar-refractivity contribution is 8.01. The molecule has 1 heterocycles. The third-order valence-electron chi connectivity index (χ3n) is 3.86. The van der Waals surface area contributed by atoms with Gasteiger partial charge in [-0.1, -0.05) is 80.3 Å². The summed E-state index contributed by atoms with van der Waals surface area (Å²) in [6, 6.07) is 13.8. The van der Waals surface area contributed by atoms with Gasteiger partial charge in [0.2, 0.25) is 5.13 Å². The molecular formula is C20H23N3O2S2. The number of ether oxygens (including phenoxy) is 1. The maximum absolute atomic E-state index is 12.7. The predicted octanol–water partition coefficient (Wildman–Crippen LogP) is 5.24. The van der Waals surface area contributed by atoms with Crippen LogP contribution in [0.25, 0.3) is 10.8 Å². The van der Waals surface area contributed by atoms with Crippen molar-refractivity contribution in [3.63, 3.8) is 0 Å². The first kappa shape index (κ1) is 19.6. The molecule has 1 aromatic heterocycles. The maximum atomic E-state index is 12.7. The number of fused-ring (bicyclic) bond motifs is 1. The molecule has 3 aromatic rings. The van der Waals surface area contributed by atoms with E-state index in [4.69, 9.17) is 4.74 Å². The molecule has 0 aliphatic heterocycles. The van der Waals surface area contributed by atoms with Crippen molar-refractivity contribution in [2.24, 2.45) is 5.92 Å². The van der Waals surface area contributed by atoms with Gasteiger partial charge in [0.15, 0.2) is 10.4 Å². The van der Waals surface area contributed by atoms with E-state index >= 15 is 0 Å². The number of anilines is 1. The molecule has 0 saturated heterocycles. The number of benzene rings is 2. The molecule has 0 saturated carbocycles. The Hall–Kier alpha value is -2.12. The van der Waals surface area contributed by atoms with Crippen LogP contribution in [-0.4, -0.2) is 28.0 Å². The lowest BCUT2D eigenvalue weighted by Crippen LogP contribution is -2.32. The molecule has 3 rings (SSSR count). The molecule has 1 N–H and O–H groups in total. The first-order valence-electron chi connectivity index (χ1n) is 8.98. The number of aromatic nitrogens is 2. The van der Waals surface area contributed by atoms with Crippen molar-refractivity contribution < 1.29 is 9.53 Å². The summed E-state index contributed by atoms with van der Waals surface area (Å²) in [6.07, 6.45) is -0.0329. The highest BCUT2D eigenvalue weighted by Gasteiger charge is 2.21. The summed E-state index contributed by atoms with van der Waals surface area (Å²) in [5.74, 6) is 2.06. The van der Waals surface area contributed by atoms with E-state index in [9.17, 15) is 4.79 Å². The van der Waals surface area contributed by atoms with E-state index in [-0.39, 0.29) is 5.91 Å². The number of nitrogens with one attached hydrogen (secondary N) is 1. The molecular weight excluding hydrogens is 378 g/mol. The topological polar surface area (TPSA) is 64.1 Å². The highest BCUT2D eigenvalue weighted by atomic mass is 32.2. The molecule has 1 atom stereocenters. The summed E-state index contributed by atoms with van der Waals surface area (Å²) < 4.78 is 6.90. The van der Waals surface area contributed by atoms with Crippen molar-refractivity contribution in [1.82, 2.24) is 10.2 Å². The third kappa shape index (κ3) is 5.20. The zero-order valence-corrected chi connectivity index (χ0v) is 17.3. The molecule has 0 aliphatic carbocycles. The molecule has 7 heteroatoms. The summed E-state index contributed by atoms with van der Waals surface area (Å²) in [5, 5.41) is 13.6. The molecule has 5 nitrogen and oxygen atoms in total. The Bertz CT molecular complexity index is 906. The predicted molar refractivity (Wildman–Crippen MR) is 113 cm³/mol. The molecule has 0 fully saturated rings. The Morgan fingerprint density at radius 2 is 1.96 bits per heavy atom. The molecule has 0 unspecified atom stereocenters. The Balaban J connectivity index is 1.67. The van der Waals surface area contributed by atoms with Crippen LogP contribution in [0, 0.1) is 5.92 Å². The summed E-state index contributed by atoms with van der Waals surface area (Å²) in [5.41, 5.74) is 0. The summed E-state index contributed by atoms with van der Waals surface area (Å²) in [4.78, 5) is 12.7. The smallest absolute Gasteiger partial charge is 0.267 e. The van der Waals surface area contributed by atoms with Gasteiger partial charge in [-0.2, -0.15) is 0 Å². The summed E-state index contributed by atoms with van der Waals surface area (Å²) >= 11 is 3.05. The van der Waals surface area contributed by atoms with E-state index in [1.807, 2.05) is 49.4 Å². The average molecular weight is 402 g/mol. The first-order chi connectivity index (χ1) is 13.1. The van der Waals surface area contributed by atoms with Gasteiger partial charge in [0.05, 0.1) is 0 Å². The number of rotatable bonds is 8. The zero-order chi connectivity index (χ0) is 19.2. The van der Waals surface area contributed by atoms with E-state index in [0.29, 0.717) is 23.2 Å². The van der Waals surface area contributed by atoms with Crippen LogP contribution in [0.2, 0.25) is 0 Å². The lowest BCUT2D eigenvalue weighted by molar-refractivity contribution is -0.122. The fraction of sp³-hybridized carbons (Fsp3) is 0.350. The Kier molecular flexibility index (Phi) is 6.68. The van der Waals surface area contributed by atoms with Crippen LogP contribution in [0.5, 0.6) is 5.75 Å². The minimum Gasteiger partial charge on any atom is -0.480 e. The monoisotopic (exact) mass is 401 g/mol. The SMILES string of the molecule is CC[C@H](Oc1cccc2ccccc12)C(=O)Nc1nnc(SCC(C)C)s1. The number of carbonyl (C=O) groups is 1. The van der Waals surface area contributed by atoms with Gasteiger partial charge in [0.25, 0.3) is 5.91 Å². The van der Waals surface area contributed by atoms with Crippen LogP contribution in [0.4, 0.5) is 5.13 Å². The Morgan fingerprint density at radius 3 is 2.74 bits per heavy atom. The molecule has 142 valence electrons. The second kappa shape index (κ2) is 9.19. The van der Waals surface area contributed by atoms with Crippen LogP contribution in [0.3, 0.4) is 0 Å².